The molecule has 176 valence electrons. The number of ether oxygens (including phenoxy) is 2. The molecule has 3 fully saturated rings. The van der Waals surface area contributed by atoms with Gasteiger partial charge < -0.3 is 19.5 Å². The van der Waals surface area contributed by atoms with E-state index in [2.05, 4.69) is 22.2 Å². The molecule has 1 aromatic rings. The van der Waals surface area contributed by atoms with E-state index in [0.29, 0.717) is 12.0 Å². The first-order valence-corrected chi connectivity index (χ1v) is 11.6. The monoisotopic (exact) mass is 464 g/mol. The summed E-state index contributed by atoms with van der Waals surface area (Å²) in [4.78, 5) is 16.1. The highest BCUT2D eigenvalue weighted by molar-refractivity contribution is 7.09. The molecule has 0 unspecified atom stereocenters. The lowest BCUT2D eigenvalue weighted by atomic mass is 9.81. The van der Waals surface area contributed by atoms with Gasteiger partial charge in [-0.25, -0.2) is 9.78 Å². The number of likely N-dealkylation sites (tertiary alicyclic amines) is 1. The Morgan fingerprint density at radius 2 is 2.10 bits per heavy atom. The number of carboxylic acid groups (broad SMARTS) is 1. The van der Waals surface area contributed by atoms with Crippen LogP contribution in [0.5, 0.6) is 0 Å². The van der Waals surface area contributed by atoms with Gasteiger partial charge in [0, 0.05) is 43.6 Å². The Hall–Kier alpha value is -1.23. The zero-order chi connectivity index (χ0) is 22.5. The average Bonchev–Trinajstić information content (AvgIpc) is 3.36. The Kier molecular flexibility index (Phi) is 8.34. The van der Waals surface area contributed by atoms with Gasteiger partial charge in [-0.15, -0.1) is 11.3 Å². The van der Waals surface area contributed by atoms with Gasteiger partial charge in [0.2, 0.25) is 0 Å². The van der Waals surface area contributed by atoms with Gasteiger partial charge >= 0.3 is 12.1 Å². The highest BCUT2D eigenvalue weighted by Crippen LogP contribution is 2.49. The summed E-state index contributed by atoms with van der Waals surface area (Å²) < 4.78 is 43.4. The van der Waals surface area contributed by atoms with Gasteiger partial charge in [-0.2, -0.15) is 13.2 Å². The number of hydrogen-bond donors (Lipinski definition) is 1. The number of nitrogens with zero attached hydrogens (tertiary/aromatic N) is 2. The van der Waals surface area contributed by atoms with Crippen molar-refractivity contribution in [3.05, 3.63) is 16.1 Å². The minimum Gasteiger partial charge on any atom is -0.475 e. The van der Waals surface area contributed by atoms with E-state index in [1.165, 1.54) is 51.7 Å². The first kappa shape index (κ1) is 24.4. The third-order valence-corrected chi connectivity index (χ3v) is 7.34. The molecule has 0 bridgehead atoms. The zero-order valence-electron chi connectivity index (χ0n) is 17.8. The van der Waals surface area contributed by atoms with Crippen LogP contribution in [0.25, 0.3) is 0 Å². The smallest absolute Gasteiger partial charge is 0.475 e. The maximum Gasteiger partial charge on any atom is 0.490 e. The molecule has 4 rings (SSSR count). The van der Waals surface area contributed by atoms with Crippen molar-refractivity contribution in [1.29, 1.82) is 0 Å². The van der Waals surface area contributed by atoms with Crippen LogP contribution in [-0.2, 0) is 20.9 Å². The fourth-order valence-corrected chi connectivity index (χ4v) is 5.63. The quantitative estimate of drug-likeness (QED) is 0.683. The summed E-state index contributed by atoms with van der Waals surface area (Å²) in [7, 11) is 0. The van der Waals surface area contributed by atoms with E-state index >= 15 is 0 Å². The van der Waals surface area contributed by atoms with Crippen molar-refractivity contribution in [2.75, 3.05) is 39.5 Å². The highest BCUT2D eigenvalue weighted by atomic mass is 32.1. The number of rotatable bonds is 6. The Morgan fingerprint density at radius 1 is 1.39 bits per heavy atom. The molecule has 6 nitrogen and oxygen atoms in total. The Balaban J connectivity index is 0.000000339. The molecule has 1 aromatic heterocycles. The van der Waals surface area contributed by atoms with E-state index in [0.717, 1.165) is 42.4 Å². The van der Waals surface area contributed by atoms with Gasteiger partial charge in [0.1, 0.15) is 0 Å². The summed E-state index contributed by atoms with van der Waals surface area (Å²) in [5.41, 5.74) is 1.51. The van der Waals surface area contributed by atoms with Crippen molar-refractivity contribution >= 4 is 17.3 Å². The number of hydrogen-bond acceptors (Lipinski definition) is 6. The number of alkyl halides is 3. The van der Waals surface area contributed by atoms with Crippen LogP contribution in [0, 0.1) is 24.2 Å². The predicted molar refractivity (Wildman–Crippen MR) is 110 cm³/mol. The van der Waals surface area contributed by atoms with E-state index in [9.17, 15) is 13.2 Å². The standard InChI is InChI=1S/C19H30N2O2S.C2HF3O2/c1-15-20-18(12-24-15)11-23-14-19-6-2-3-17(19)10-21(13-19)9-16-4-7-22-8-5-16;3-2(4,5)1(6)7/h12,16-17H,2-11,13-14H2,1H3;(H,6,7)/t17-,19+;/m1./s1. The minimum absolute atomic E-state index is 0.413. The third kappa shape index (κ3) is 6.87. The largest absolute Gasteiger partial charge is 0.490 e. The number of aryl methyl sites for hydroxylation is 1. The maximum atomic E-state index is 10.6. The average molecular weight is 465 g/mol. The van der Waals surface area contributed by atoms with Crippen molar-refractivity contribution < 1.29 is 32.5 Å². The van der Waals surface area contributed by atoms with Crippen LogP contribution >= 0.6 is 11.3 Å². The van der Waals surface area contributed by atoms with Crippen molar-refractivity contribution in [2.24, 2.45) is 17.3 Å². The highest BCUT2D eigenvalue weighted by Gasteiger charge is 2.49. The molecule has 3 aliphatic rings. The lowest BCUT2D eigenvalue weighted by Gasteiger charge is -2.30. The van der Waals surface area contributed by atoms with E-state index in [1.54, 1.807) is 11.3 Å². The van der Waals surface area contributed by atoms with Gasteiger partial charge in [0.05, 0.1) is 23.9 Å². The fourth-order valence-electron chi connectivity index (χ4n) is 5.03. The molecular weight excluding hydrogens is 433 g/mol. The molecule has 0 radical (unpaired) electrons. The molecule has 1 saturated carbocycles. The summed E-state index contributed by atoms with van der Waals surface area (Å²) in [6.07, 6.45) is 1.53. The Morgan fingerprint density at radius 3 is 2.71 bits per heavy atom. The van der Waals surface area contributed by atoms with Crippen molar-refractivity contribution in [3.8, 4) is 0 Å². The SMILES string of the molecule is Cc1nc(COC[C@@]23CCC[C@@H]2CN(CC2CCOCC2)C3)cs1.O=C(O)C(F)(F)F. The molecule has 1 aliphatic carbocycles. The molecule has 0 amide bonds. The lowest BCUT2D eigenvalue weighted by molar-refractivity contribution is -0.192. The number of carboxylic acids is 1. The molecule has 1 N–H and O–H groups in total. The van der Waals surface area contributed by atoms with Crippen LogP contribution in [-0.4, -0.2) is 66.6 Å². The number of fused-ring (bicyclic) bond motifs is 1. The van der Waals surface area contributed by atoms with Crippen LogP contribution in [0.1, 0.15) is 42.8 Å². The summed E-state index contributed by atoms with van der Waals surface area (Å²) in [6.45, 7) is 9.38. The second-order valence-corrected chi connectivity index (χ2v) is 9.92. The normalized spacial score (nSPS) is 27.0. The van der Waals surface area contributed by atoms with E-state index in [-0.39, 0.29) is 0 Å². The summed E-state index contributed by atoms with van der Waals surface area (Å²) in [6, 6.07) is 0. The van der Waals surface area contributed by atoms with Crippen molar-refractivity contribution in [2.45, 2.75) is 51.8 Å². The summed E-state index contributed by atoms with van der Waals surface area (Å²) in [5, 5.41) is 10.4. The summed E-state index contributed by atoms with van der Waals surface area (Å²) in [5.74, 6) is -1.07. The molecular formula is C21H31F3N2O4S. The number of aromatic nitrogens is 1. The van der Waals surface area contributed by atoms with E-state index in [4.69, 9.17) is 19.4 Å². The number of carbonyl (C=O) groups is 1. The maximum absolute atomic E-state index is 10.6. The van der Waals surface area contributed by atoms with Crippen molar-refractivity contribution in [1.82, 2.24) is 9.88 Å². The van der Waals surface area contributed by atoms with Gasteiger partial charge in [-0.3, -0.25) is 0 Å². The van der Waals surface area contributed by atoms with Crippen LogP contribution in [0.4, 0.5) is 13.2 Å². The van der Waals surface area contributed by atoms with Crippen LogP contribution < -0.4 is 0 Å². The molecule has 2 aliphatic heterocycles. The number of aliphatic carboxylic acids is 1. The minimum atomic E-state index is -5.08. The first-order chi connectivity index (χ1) is 14.7. The summed E-state index contributed by atoms with van der Waals surface area (Å²) >= 11 is 1.72. The van der Waals surface area contributed by atoms with Crippen molar-refractivity contribution in [3.63, 3.8) is 0 Å². The Labute approximate surface area is 184 Å². The zero-order valence-corrected chi connectivity index (χ0v) is 18.6. The van der Waals surface area contributed by atoms with Gasteiger partial charge in [-0.1, -0.05) is 6.42 Å². The van der Waals surface area contributed by atoms with Crippen LogP contribution in [0.2, 0.25) is 0 Å². The first-order valence-electron chi connectivity index (χ1n) is 10.8. The molecule has 3 heterocycles. The lowest BCUT2D eigenvalue weighted by Crippen LogP contribution is -2.35. The van der Waals surface area contributed by atoms with Crippen LogP contribution in [0.3, 0.4) is 0 Å². The molecule has 31 heavy (non-hydrogen) atoms. The molecule has 0 aromatic carbocycles. The van der Waals surface area contributed by atoms with Gasteiger partial charge in [0.25, 0.3) is 0 Å². The molecule has 2 saturated heterocycles. The van der Waals surface area contributed by atoms with Gasteiger partial charge in [0.15, 0.2) is 0 Å². The van der Waals surface area contributed by atoms with Crippen LogP contribution in [0.15, 0.2) is 5.38 Å². The number of thiazole rings is 1. The topological polar surface area (TPSA) is 71.9 Å². The second kappa shape index (κ2) is 10.6. The van der Waals surface area contributed by atoms with E-state index in [1.807, 2.05) is 0 Å². The molecule has 10 heteroatoms. The third-order valence-electron chi connectivity index (χ3n) is 6.52. The number of halogens is 3. The van der Waals surface area contributed by atoms with Gasteiger partial charge in [-0.05, 0) is 44.4 Å². The predicted octanol–water partition coefficient (Wildman–Crippen LogP) is 4.13. The molecule has 0 spiro atoms. The fraction of sp³-hybridized carbons (Fsp3) is 0.810. The Bertz CT molecular complexity index is 724. The second-order valence-electron chi connectivity index (χ2n) is 8.85. The molecule has 2 atom stereocenters. The van der Waals surface area contributed by atoms with E-state index < -0.39 is 12.1 Å².